The zero-order valence-corrected chi connectivity index (χ0v) is 21.4. The second-order valence-electron chi connectivity index (χ2n) is 8.33. The highest BCUT2D eigenvalue weighted by atomic mass is 32.2. The Morgan fingerprint density at radius 1 is 1.26 bits per heavy atom. The molecule has 0 bridgehead atoms. The molecule has 1 aromatic heterocycles. The lowest BCUT2D eigenvalue weighted by Crippen LogP contribution is -2.45. The van der Waals surface area contributed by atoms with Crippen LogP contribution in [0.4, 0.5) is 0 Å². The SMILES string of the molecule is COc1ccc(C)cc1S(=O)(=O)N1CCCC(C(=O)NCCSc2n[nH]c(-c3ccccc3)n2)C1. The molecule has 1 saturated heterocycles. The van der Waals surface area contributed by atoms with Crippen molar-refractivity contribution in [1.82, 2.24) is 24.8 Å². The number of ether oxygens (including phenoxy) is 1. The molecule has 35 heavy (non-hydrogen) atoms. The summed E-state index contributed by atoms with van der Waals surface area (Å²) < 4.78 is 33.3. The molecule has 1 atom stereocenters. The molecule has 3 aromatic rings. The van der Waals surface area contributed by atoms with Gasteiger partial charge in [-0.2, -0.15) is 4.31 Å². The summed E-state index contributed by atoms with van der Waals surface area (Å²) in [6, 6.07) is 14.8. The number of carbonyl (C=O) groups is 1. The third kappa shape index (κ3) is 6.03. The zero-order chi connectivity index (χ0) is 24.8. The number of amides is 1. The summed E-state index contributed by atoms with van der Waals surface area (Å²) in [7, 11) is -2.32. The summed E-state index contributed by atoms with van der Waals surface area (Å²) in [5, 5.41) is 10.7. The molecule has 9 nitrogen and oxygen atoms in total. The van der Waals surface area contributed by atoms with E-state index < -0.39 is 15.9 Å². The average Bonchev–Trinajstić information content (AvgIpc) is 3.36. The van der Waals surface area contributed by atoms with Crippen molar-refractivity contribution in [2.45, 2.75) is 29.8 Å². The molecule has 2 aromatic carbocycles. The summed E-state index contributed by atoms with van der Waals surface area (Å²) in [5.41, 5.74) is 1.79. The van der Waals surface area contributed by atoms with Crippen LogP contribution in [0.15, 0.2) is 58.6 Å². The van der Waals surface area contributed by atoms with Gasteiger partial charge >= 0.3 is 0 Å². The van der Waals surface area contributed by atoms with Crippen LogP contribution in [0.1, 0.15) is 18.4 Å². The van der Waals surface area contributed by atoms with E-state index in [1.807, 2.05) is 43.3 Å². The predicted octanol–water partition coefficient (Wildman–Crippen LogP) is 3.10. The highest BCUT2D eigenvalue weighted by Crippen LogP contribution is 2.30. The first-order valence-electron chi connectivity index (χ1n) is 11.4. The normalized spacial score (nSPS) is 16.7. The maximum absolute atomic E-state index is 13.3. The van der Waals surface area contributed by atoms with Crippen LogP contribution in [-0.2, 0) is 14.8 Å². The van der Waals surface area contributed by atoms with Crippen molar-refractivity contribution in [3.8, 4) is 17.1 Å². The lowest BCUT2D eigenvalue weighted by atomic mass is 9.99. The minimum absolute atomic E-state index is 0.137. The minimum atomic E-state index is -3.77. The van der Waals surface area contributed by atoms with E-state index in [0.717, 1.165) is 11.1 Å². The Labute approximate surface area is 209 Å². The number of hydrogen-bond acceptors (Lipinski definition) is 7. The van der Waals surface area contributed by atoms with Crippen molar-refractivity contribution in [2.24, 2.45) is 5.92 Å². The van der Waals surface area contributed by atoms with Crippen LogP contribution in [0.3, 0.4) is 0 Å². The molecule has 0 aliphatic carbocycles. The number of aromatic nitrogens is 3. The maximum atomic E-state index is 13.3. The van der Waals surface area contributed by atoms with Gasteiger partial charge in [0.1, 0.15) is 10.6 Å². The Morgan fingerprint density at radius 3 is 2.83 bits per heavy atom. The summed E-state index contributed by atoms with van der Waals surface area (Å²) in [5.74, 6) is 1.08. The van der Waals surface area contributed by atoms with Crippen LogP contribution in [0.25, 0.3) is 11.4 Å². The largest absolute Gasteiger partial charge is 0.495 e. The van der Waals surface area contributed by atoms with Gasteiger partial charge in [0.15, 0.2) is 5.82 Å². The molecule has 2 heterocycles. The van der Waals surface area contributed by atoms with E-state index in [-0.39, 0.29) is 17.3 Å². The van der Waals surface area contributed by atoms with E-state index in [1.165, 1.54) is 23.2 Å². The smallest absolute Gasteiger partial charge is 0.246 e. The van der Waals surface area contributed by atoms with Gasteiger partial charge < -0.3 is 10.1 Å². The maximum Gasteiger partial charge on any atom is 0.246 e. The average molecular weight is 516 g/mol. The molecule has 1 aliphatic heterocycles. The molecule has 0 spiro atoms. The quantitative estimate of drug-likeness (QED) is 0.332. The Kier molecular flexibility index (Phi) is 8.09. The van der Waals surface area contributed by atoms with Crippen LogP contribution >= 0.6 is 11.8 Å². The first-order valence-corrected chi connectivity index (χ1v) is 13.8. The van der Waals surface area contributed by atoms with E-state index in [2.05, 4.69) is 20.5 Å². The van der Waals surface area contributed by atoms with Crippen molar-refractivity contribution in [1.29, 1.82) is 0 Å². The van der Waals surface area contributed by atoms with Gasteiger partial charge in [0.2, 0.25) is 21.1 Å². The van der Waals surface area contributed by atoms with Crippen molar-refractivity contribution in [3.05, 3.63) is 54.1 Å². The fourth-order valence-corrected chi connectivity index (χ4v) is 6.41. The van der Waals surface area contributed by atoms with E-state index in [4.69, 9.17) is 4.74 Å². The summed E-state index contributed by atoms with van der Waals surface area (Å²) in [6.07, 6.45) is 1.27. The fourth-order valence-electron chi connectivity index (χ4n) is 4.00. The van der Waals surface area contributed by atoms with E-state index in [9.17, 15) is 13.2 Å². The third-order valence-corrected chi connectivity index (χ3v) is 8.57. The van der Waals surface area contributed by atoms with Gasteiger partial charge in [0, 0.05) is 31.0 Å². The topological polar surface area (TPSA) is 117 Å². The van der Waals surface area contributed by atoms with Gasteiger partial charge in [-0.3, -0.25) is 9.89 Å². The highest BCUT2D eigenvalue weighted by molar-refractivity contribution is 7.99. The summed E-state index contributed by atoms with van der Waals surface area (Å²) in [4.78, 5) is 17.4. The number of hydrogen-bond donors (Lipinski definition) is 2. The first-order chi connectivity index (χ1) is 16.9. The van der Waals surface area contributed by atoms with Gasteiger partial charge in [0.25, 0.3) is 0 Å². The first kappa shape index (κ1) is 25.2. The number of benzene rings is 2. The monoisotopic (exact) mass is 515 g/mol. The Bertz CT molecular complexity index is 1260. The number of piperidine rings is 1. The standard InChI is InChI=1S/C24H29N5O4S2/c1-17-10-11-20(33-2)21(15-17)35(31,32)29-13-6-9-19(16-29)23(30)25-12-14-34-24-26-22(27-28-24)18-7-4-3-5-8-18/h3-5,7-8,10-11,15,19H,6,9,12-14,16H2,1-2H3,(H,25,30)(H,26,27,28). The van der Waals surface area contributed by atoms with Crippen molar-refractivity contribution in [3.63, 3.8) is 0 Å². The number of thioether (sulfide) groups is 1. The summed E-state index contributed by atoms with van der Waals surface area (Å²) in [6.45, 7) is 2.81. The van der Waals surface area contributed by atoms with Crippen molar-refractivity contribution in [2.75, 3.05) is 32.5 Å². The minimum Gasteiger partial charge on any atom is -0.495 e. The lowest BCUT2D eigenvalue weighted by Gasteiger charge is -2.31. The van der Waals surface area contributed by atoms with E-state index >= 15 is 0 Å². The molecule has 1 unspecified atom stereocenters. The number of H-pyrrole nitrogens is 1. The number of nitrogens with one attached hydrogen (secondary N) is 2. The molecule has 2 N–H and O–H groups in total. The van der Waals surface area contributed by atoms with Gasteiger partial charge in [-0.05, 0) is 37.5 Å². The molecule has 1 aliphatic rings. The number of aryl methyl sites for hydroxylation is 1. The number of carbonyl (C=O) groups excluding carboxylic acids is 1. The van der Waals surface area contributed by atoms with Crippen molar-refractivity contribution < 1.29 is 17.9 Å². The van der Waals surface area contributed by atoms with Crippen LogP contribution in [-0.4, -0.2) is 66.3 Å². The molecule has 4 rings (SSSR count). The van der Waals surface area contributed by atoms with Gasteiger partial charge in [-0.1, -0.05) is 48.2 Å². The predicted molar refractivity (Wildman–Crippen MR) is 135 cm³/mol. The fraction of sp³-hybridized carbons (Fsp3) is 0.375. The van der Waals surface area contributed by atoms with Gasteiger partial charge in [0.05, 0.1) is 13.0 Å². The van der Waals surface area contributed by atoms with E-state index in [0.29, 0.717) is 48.4 Å². The number of nitrogens with zero attached hydrogens (tertiary/aromatic N) is 3. The van der Waals surface area contributed by atoms with E-state index in [1.54, 1.807) is 12.1 Å². The highest BCUT2D eigenvalue weighted by Gasteiger charge is 2.34. The number of methoxy groups -OCH3 is 1. The van der Waals surface area contributed by atoms with Crippen molar-refractivity contribution >= 4 is 27.7 Å². The van der Waals surface area contributed by atoms with Crippen LogP contribution in [0, 0.1) is 12.8 Å². The molecule has 11 heteroatoms. The second-order valence-corrected chi connectivity index (χ2v) is 11.3. The molecule has 186 valence electrons. The Morgan fingerprint density at radius 2 is 2.06 bits per heavy atom. The number of rotatable bonds is 9. The van der Waals surface area contributed by atoms with Crippen LogP contribution in [0.5, 0.6) is 5.75 Å². The molecule has 0 saturated carbocycles. The second kappa shape index (κ2) is 11.2. The van der Waals surface area contributed by atoms with Gasteiger partial charge in [-0.25, -0.2) is 13.4 Å². The Hall–Kier alpha value is -2.89. The molecule has 1 fully saturated rings. The molecular formula is C24H29N5O4S2. The number of sulfonamides is 1. The molecule has 0 radical (unpaired) electrons. The molecular weight excluding hydrogens is 486 g/mol. The third-order valence-electron chi connectivity index (χ3n) is 5.84. The lowest BCUT2D eigenvalue weighted by molar-refractivity contribution is -0.125. The Balaban J connectivity index is 1.30. The van der Waals surface area contributed by atoms with Crippen LogP contribution in [0.2, 0.25) is 0 Å². The zero-order valence-electron chi connectivity index (χ0n) is 19.7. The summed E-state index contributed by atoms with van der Waals surface area (Å²) >= 11 is 1.44. The van der Waals surface area contributed by atoms with Crippen LogP contribution < -0.4 is 10.1 Å². The van der Waals surface area contributed by atoms with Gasteiger partial charge in [-0.15, -0.1) is 5.10 Å². The molecule has 1 amide bonds. The number of aromatic amines is 1.